The monoisotopic (exact) mass is 565 g/mol. The van der Waals surface area contributed by atoms with Crippen LogP contribution >= 0.6 is 11.3 Å². The number of fused-ring (bicyclic) bond motifs is 13. The molecule has 0 radical (unpaired) electrons. The van der Waals surface area contributed by atoms with Gasteiger partial charge < -0.3 is 9.13 Å². The summed E-state index contributed by atoms with van der Waals surface area (Å²) < 4.78 is 7.54. The molecule has 4 aromatic heterocycles. The normalized spacial score (nSPS) is 12.2. The molecule has 0 aliphatic heterocycles. The van der Waals surface area contributed by atoms with Crippen molar-refractivity contribution < 1.29 is 0 Å². The van der Waals surface area contributed by atoms with Crippen molar-refractivity contribution in [2.45, 2.75) is 0 Å². The Bertz CT molecular complexity index is 2730. The molecule has 0 N–H and O–H groups in total. The minimum atomic E-state index is 1.04. The topological polar surface area (TPSA) is 22.8 Å². The third kappa shape index (κ3) is 3.05. The smallest absolute Gasteiger partial charge is 0.0811 e. The molecular weight excluding hydrogens is 543 g/mol. The van der Waals surface area contributed by atoms with Gasteiger partial charge >= 0.3 is 0 Å². The lowest BCUT2D eigenvalue weighted by Gasteiger charge is -2.13. The highest BCUT2D eigenvalue weighted by Crippen LogP contribution is 2.46. The van der Waals surface area contributed by atoms with Gasteiger partial charge in [-0.3, -0.25) is 4.98 Å². The highest BCUT2D eigenvalue weighted by Gasteiger charge is 2.25. The van der Waals surface area contributed by atoms with Gasteiger partial charge in [0.2, 0.25) is 0 Å². The molecule has 0 saturated carbocycles. The van der Waals surface area contributed by atoms with Gasteiger partial charge in [0.05, 0.1) is 27.6 Å². The summed E-state index contributed by atoms with van der Waals surface area (Å²) in [5.41, 5.74) is 8.11. The Hall–Kier alpha value is -5.45. The van der Waals surface area contributed by atoms with E-state index in [4.69, 9.17) is 4.98 Å². The summed E-state index contributed by atoms with van der Waals surface area (Å²) in [5, 5.41) is 8.68. The van der Waals surface area contributed by atoms with Crippen LogP contribution in [0.1, 0.15) is 0 Å². The van der Waals surface area contributed by atoms with Crippen LogP contribution in [0.5, 0.6) is 0 Å². The van der Waals surface area contributed by atoms with Crippen molar-refractivity contribution in [2.24, 2.45) is 0 Å². The number of hydrogen-bond acceptors (Lipinski definition) is 2. The number of rotatable bonds is 2. The molecule has 3 nitrogen and oxygen atoms in total. The van der Waals surface area contributed by atoms with E-state index in [1.165, 1.54) is 69.2 Å². The van der Waals surface area contributed by atoms with Gasteiger partial charge in [-0.25, -0.2) is 0 Å². The van der Waals surface area contributed by atoms with Gasteiger partial charge in [-0.05, 0) is 48.5 Å². The summed E-state index contributed by atoms with van der Waals surface area (Å²) in [6.45, 7) is 0. The van der Waals surface area contributed by atoms with Crippen LogP contribution in [0.4, 0.5) is 0 Å². The number of nitrogens with zero attached hydrogens (tertiary/aromatic N) is 3. The highest BCUT2D eigenvalue weighted by molar-refractivity contribution is 7.25. The fourth-order valence-electron chi connectivity index (χ4n) is 7.21. The molecule has 4 heteroatoms. The molecule has 4 heterocycles. The minimum absolute atomic E-state index is 1.04. The van der Waals surface area contributed by atoms with Gasteiger partial charge in [-0.2, -0.15) is 0 Å². The summed E-state index contributed by atoms with van der Waals surface area (Å²) in [6, 6.07) is 48.3. The van der Waals surface area contributed by atoms with Crippen LogP contribution in [0.15, 0.2) is 140 Å². The Kier molecular flexibility index (Phi) is 4.60. The van der Waals surface area contributed by atoms with Crippen LogP contribution in [0.3, 0.4) is 0 Å². The first-order valence-electron chi connectivity index (χ1n) is 14.6. The first kappa shape index (κ1) is 23.1. The average Bonchev–Trinajstić information content (AvgIpc) is 3.73. The second kappa shape index (κ2) is 8.54. The van der Waals surface area contributed by atoms with Crippen LogP contribution < -0.4 is 0 Å². The second-order valence-corrected chi connectivity index (χ2v) is 12.2. The number of thiophene rings is 1. The third-order valence-electron chi connectivity index (χ3n) is 8.92. The molecule has 0 atom stereocenters. The molecule has 0 aliphatic carbocycles. The first-order chi connectivity index (χ1) is 21.4. The lowest BCUT2D eigenvalue weighted by molar-refractivity contribution is 1.15. The van der Waals surface area contributed by atoms with Crippen LogP contribution in [0.2, 0.25) is 0 Å². The van der Waals surface area contributed by atoms with E-state index in [1.807, 2.05) is 17.5 Å². The zero-order valence-corrected chi connectivity index (χ0v) is 23.8. The SMILES string of the molecule is c1ccc(-n2c3ccccc3c3c4cccnc4c4c5ccccc5n(-c5ccc6c(c5)sc5ccccc56)c4c32)cc1. The summed E-state index contributed by atoms with van der Waals surface area (Å²) in [5.74, 6) is 0. The number of para-hydroxylation sites is 3. The Morgan fingerprint density at radius 2 is 1.05 bits per heavy atom. The maximum absolute atomic E-state index is 5.06. The van der Waals surface area contributed by atoms with Crippen LogP contribution in [0, 0.1) is 0 Å². The van der Waals surface area contributed by atoms with E-state index in [1.54, 1.807) is 0 Å². The van der Waals surface area contributed by atoms with Gasteiger partial charge in [0.15, 0.2) is 0 Å². The molecule has 6 aromatic carbocycles. The second-order valence-electron chi connectivity index (χ2n) is 11.2. The van der Waals surface area contributed by atoms with Gasteiger partial charge in [-0.15, -0.1) is 11.3 Å². The van der Waals surface area contributed by atoms with Crippen molar-refractivity contribution in [2.75, 3.05) is 0 Å². The molecule has 43 heavy (non-hydrogen) atoms. The molecule has 0 fully saturated rings. The van der Waals surface area contributed by atoms with E-state index in [0.717, 1.165) is 16.9 Å². The minimum Gasteiger partial charge on any atom is -0.307 e. The van der Waals surface area contributed by atoms with Gasteiger partial charge in [0.25, 0.3) is 0 Å². The quantitative estimate of drug-likeness (QED) is 0.204. The number of pyridine rings is 1. The van der Waals surface area contributed by atoms with Crippen LogP contribution in [-0.4, -0.2) is 14.1 Å². The predicted octanol–water partition coefficient (Wildman–Crippen LogP) is 10.8. The zero-order chi connectivity index (χ0) is 28.1. The van der Waals surface area contributed by atoms with E-state index in [2.05, 4.69) is 143 Å². The highest BCUT2D eigenvalue weighted by atomic mass is 32.1. The van der Waals surface area contributed by atoms with Gasteiger partial charge in [0.1, 0.15) is 0 Å². The van der Waals surface area contributed by atoms with Gasteiger partial charge in [0, 0.05) is 64.7 Å². The maximum atomic E-state index is 5.06. The van der Waals surface area contributed by atoms with Crippen molar-refractivity contribution in [3.63, 3.8) is 0 Å². The molecule has 0 spiro atoms. The van der Waals surface area contributed by atoms with E-state index in [-0.39, 0.29) is 0 Å². The van der Waals surface area contributed by atoms with E-state index >= 15 is 0 Å². The van der Waals surface area contributed by atoms with Crippen LogP contribution in [-0.2, 0) is 0 Å². The Labute approximate surface area is 250 Å². The zero-order valence-electron chi connectivity index (χ0n) is 23.0. The summed E-state index contributed by atoms with van der Waals surface area (Å²) >= 11 is 1.86. The van der Waals surface area contributed by atoms with Crippen molar-refractivity contribution in [3.8, 4) is 11.4 Å². The molecule has 0 aliphatic rings. The molecule has 0 bridgehead atoms. The van der Waals surface area contributed by atoms with Crippen LogP contribution in [0.25, 0.3) is 86.1 Å². The van der Waals surface area contributed by atoms with Crippen molar-refractivity contribution >= 4 is 86.0 Å². The molecule has 200 valence electrons. The largest absolute Gasteiger partial charge is 0.307 e. The van der Waals surface area contributed by atoms with E-state index < -0.39 is 0 Å². The fraction of sp³-hybridized carbons (Fsp3) is 0. The molecule has 10 rings (SSSR count). The van der Waals surface area contributed by atoms with Gasteiger partial charge in [-0.1, -0.05) is 84.9 Å². The average molecular weight is 566 g/mol. The standard InChI is InChI=1S/C39H23N3S/c1-2-11-24(12-3-1)41-31-17-7-4-14-28(31)35-30-16-10-22-40-37(30)36-29-15-5-8-18-32(29)42(39(36)38(35)41)25-20-21-27-26-13-6-9-19-33(26)43-34(27)23-25/h1-23H. The van der Waals surface area contributed by atoms with Crippen molar-refractivity contribution in [3.05, 3.63) is 140 Å². The molecule has 0 unspecified atom stereocenters. The summed E-state index contributed by atoms with van der Waals surface area (Å²) in [7, 11) is 0. The number of hydrogen-bond donors (Lipinski definition) is 0. The molecule has 0 amide bonds. The predicted molar refractivity (Wildman–Crippen MR) is 183 cm³/mol. The number of benzene rings is 6. The Balaban J connectivity index is 1.49. The number of aromatic nitrogens is 3. The van der Waals surface area contributed by atoms with E-state index in [9.17, 15) is 0 Å². The lowest BCUT2D eigenvalue weighted by Crippen LogP contribution is -1.99. The molecular formula is C39H23N3S. The lowest BCUT2D eigenvalue weighted by atomic mass is 10.0. The van der Waals surface area contributed by atoms with Crippen molar-refractivity contribution in [1.29, 1.82) is 0 Å². The Morgan fingerprint density at radius 3 is 1.86 bits per heavy atom. The van der Waals surface area contributed by atoms with Crippen molar-refractivity contribution in [1.82, 2.24) is 14.1 Å². The third-order valence-corrected chi connectivity index (χ3v) is 10.1. The molecule has 10 aromatic rings. The maximum Gasteiger partial charge on any atom is 0.0811 e. The fourth-order valence-corrected chi connectivity index (χ4v) is 8.35. The van der Waals surface area contributed by atoms with E-state index in [0.29, 0.717) is 0 Å². The first-order valence-corrected chi connectivity index (χ1v) is 15.4. The summed E-state index contributed by atoms with van der Waals surface area (Å²) in [4.78, 5) is 5.06. The summed E-state index contributed by atoms with van der Waals surface area (Å²) in [6.07, 6.45) is 1.93. The Morgan fingerprint density at radius 1 is 0.442 bits per heavy atom. The molecule has 0 saturated heterocycles.